The van der Waals surface area contributed by atoms with Crippen molar-refractivity contribution in [2.24, 2.45) is 0 Å². The van der Waals surface area contributed by atoms with Gasteiger partial charge in [0.15, 0.2) is 0 Å². The third kappa shape index (κ3) is 3.20. The number of allylic oxidation sites excluding steroid dienone is 5. The minimum absolute atomic E-state index is 0.214. The van der Waals surface area contributed by atoms with Crippen molar-refractivity contribution in [1.82, 2.24) is 15.2 Å². The zero-order valence-corrected chi connectivity index (χ0v) is 8.97. The maximum Gasteiger partial charge on any atom is 0.375 e. The first kappa shape index (κ1) is 11.9. The molecule has 2 N–H and O–H groups in total. The highest BCUT2D eigenvalue weighted by molar-refractivity contribution is 5.82. The van der Waals surface area contributed by atoms with Crippen LogP contribution in [0, 0.1) is 0 Å². The molecule has 0 bridgehead atoms. The number of aromatic amines is 1. The SMILES string of the molecule is C=C/C=C(\C=C/C)Cc1nc(C(=O)O)n[nH]1. The second-order valence-corrected chi connectivity index (χ2v) is 3.06. The van der Waals surface area contributed by atoms with Gasteiger partial charge in [-0.3, -0.25) is 5.10 Å². The summed E-state index contributed by atoms with van der Waals surface area (Å²) in [5.74, 6) is -0.834. The maximum atomic E-state index is 10.6. The Hall–Kier alpha value is -2.17. The minimum atomic E-state index is -1.14. The lowest BCUT2D eigenvalue weighted by molar-refractivity contribution is 0.0684. The number of hydrogen-bond donors (Lipinski definition) is 2. The molecule has 0 fully saturated rings. The monoisotopic (exact) mass is 219 g/mol. The molecule has 1 heterocycles. The fourth-order valence-electron chi connectivity index (χ4n) is 1.20. The molecule has 5 heteroatoms. The number of carboxylic acids is 1. The number of hydrogen-bond acceptors (Lipinski definition) is 3. The quantitative estimate of drug-likeness (QED) is 0.739. The summed E-state index contributed by atoms with van der Waals surface area (Å²) in [4.78, 5) is 14.4. The predicted molar refractivity (Wildman–Crippen MR) is 60.1 cm³/mol. The smallest absolute Gasteiger partial charge is 0.375 e. The molecule has 0 spiro atoms. The molecule has 1 aromatic heterocycles. The van der Waals surface area contributed by atoms with E-state index in [1.165, 1.54) is 0 Å². The average Bonchev–Trinajstić information content (AvgIpc) is 2.67. The third-order valence-electron chi connectivity index (χ3n) is 1.81. The topological polar surface area (TPSA) is 78.9 Å². The molecule has 0 aromatic carbocycles. The number of rotatable bonds is 5. The van der Waals surface area contributed by atoms with E-state index in [1.807, 2.05) is 25.2 Å². The largest absolute Gasteiger partial charge is 0.475 e. The highest BCUT2D eigenvalue weighted by Gasteiger charge is 2.10. The molecule has 16 heavy (non-hydrogen) atoms. The molecule has 0 atom stereocenters. The zero-order valence-electron chi connectivity index (χ0n) is 8.97. The van der Waals surface area contributed by atoms with Crippen molar-refractivity contribution in [2.75, 3.05) is 0 Å². The number of aromatic carboxylic acids is 1. The van der Waals surface area contributed by atoms with Crippen LogP contribution in [-0.2, 0) is 6.42 Å². The molecule has 0 aliphatic heterocycles. The predicted octanol–water partition coefficient (Wildman–Crippen LogP) is 1.73. The molecule has 1 rings (SSSR count). The fourth-order valence-corrected chi connectivity index (χ4v) is 1.20. The second-order valence-electron chi connectivity index (χ2n) is 3.06. The average molecular weight is 219 g/mol. The summed E-state index contributed by atoms with van der Waals surface area (Å²) in [5.41, 5.74) is 0.977. The Kier molecular flexibility index (Phi) is 4.20. The highest BCUT2D eigenvalue weighted by atomic mass is 16.4. The van der Waals surface area contributed by atoms with Gasteiger partial charge >= 0.3 is 5.97 Å². The summed E-state index contributed by atoms with van der Waals surface area (Å²) in [7, 11) is 0. The molecule has 0 radical (unpaired) electrons. The van der Waals surface area contributed by atoms with Crippen LogP contribution in [0.5, 0.6) is 0 Å². The standard InChI is InChI=1S/C11H13N3O2/c1-3-5-8(6-4-2)7-9-12-10(11(15)16)14-13-9/h3-6H,1,7H2,2H3,(H,15,16)(H,12,13,14)/b6-4-,8-5+. The first-order valence-electron chi connectivity index (χ1n) is 4.76. The first-order valence-corrected chi connectivity index (χ1v) is 4.76. The Labute approximate surface area is 93.2 Å². The van der Waals surface area contributed by atoms with Gasteiger partial charge in [-0.2, -0.15) is 0 Å². The van der Waals surface area contributed by atoms with Gasteiger partial charge in [-0.1, -0.05) is 30.9 Å². The van der Waals surface area contributed by atoms with Crippen molar-refractivity contribution < 1.29 is 9.90 Å². The minimum Gasteiger partial charge on any atom is -0.475 e. The van der Waals surface area contributed by atoms with Gasteiger partial charge in [-0.05, 0) is 12.5 Å². The lowest BCUT2D eigenvalue weighted by Gasteiger charge is -1.96. The van der Waals surface area contributed by atoms with Gasteiger partial charge in [0.05, 0.1) is 0 Å². The van der Waals surface area contributed by atoms with E-state index in [9.17, 15) is 4.79 Å². The first-order chi connectivity index (χ1) is 7.67. The Morgan fingerprint density at radius 2 is 2.38 bits per heavy atom. The van der Waals surface area contributed by atoms with E-state index in [-0.39, 0.29) is 5.82 Å². The summed E-state index contributed by atoms with van der Waals surface area (Å²) < 4.78 is 0. The lowest BCUT2D eigenvalue weighted by Crippen LogP contribution is -1.99. The van der Waals surface area contributed by atoms with E-state index in [2.05, 4.69) is 21.8 Å². The fraction of sp³-hybridized carbons (Fsp3) is 0.182. The van der Waals surface area contributed by atoms with E-state index in [0.717, 1.165) is 5.57 Å². The Bertz CT molecular complexity index is 444. The number of carboxylic acid groups (broad SMARTS) is 1. The van der Waals surface area contributed by atoms with Crippen LogP contribution in [0.1, 0.15) is 23.4 Å². The Morgan fingerprint density at radius 3 is 2.88 bits per heavy atom. The second kappa shape index (κ2) is 5.65. The number of aromatic nitrogens is 3. The van der Waals surface area contributed by atoms with Gasteiger partial charge in [0.2, 0.25) is 0 Å². The molecule has 0 amide bonds. The number of nitrogens with one attached hydrogen (secondary N) is 1. The van der Waals surface area contributed by atoms with E-state index >= 15 is 0 Å². The Balaban J connectivity index is 2.81. The normalized spacial score (nSPS) is 11.9. The molecular weight excluding hydrogens is 206 g/mol. The molecule has 1 aromatic rings. The molecule has 0 aliphatic rings. The van der Waals surface area contributed by atoms with E-state index < -0.39 is 5.97 Å². The van der Waals surface area contributed by atoms with Crippen LogP contribution >= 0.6 is 0 Å². The van der Waals surface area contributed by atoms with Crippen molar-refractivity contribution in [3.05, 3.63) is 48.1 Å². The van der Waals surface area contributed by atoms with Crippen LogP contribution in [0.3, 0.4) is 0 Å². The summed E-state index contributed by atoms with van der Waals surface area (Å²) >= 11 is 0. The van der Waals surface area contributed by atoms with E-state index in [0.29, 0.717) is 12.2 Å². The summed E-state index contributed by atoms with van der Waals surface area (Å²) in [6.45, 7) is 5.51. The third-order valence-corrected chi connectivity index (χ3v) is 1.81. The van der Waals surface area contributed by atoms with Crippen molar-refractivity contribution >= 4 is 5.97 Å². The lowest BCUT2D eigenvalue weighted by atomic mass is 10.1. The molecule has 0 aliphatic carbocycles. The van der Waals surface area contributed by atoms with Gasteiger partial charge < -0.3 is 5.11 Å². The summed E-state index contributed by atoms with van der Waals surface area (Å²) in [5, 5.41) is 14.8. The Morgan fingerprint density at radius 1 is 1.62 bits per heavy atom. The summed E-state index contributed by atoms with van der Waals surface area (Å²) in [6.07, 6.45) is 7.80. The van der Waals surface area contributed by atoms with Crippen LogP contribution in [0.4, 0.5) is 0 Å². The van der Waals surface area contributed by atoms with Crippen LogP contribution in [-0.4, -0.2) is 26.3 Å². The molecule has 0 saturated heterocycles. The van der Waals surface area contributed by atoms with Crippen molar-refractivity contribution in [3.8, 4) is 0 Å². The maximum absolute atomic E-state index is 10.6. The van der Waals surface area contributed by atoms with Crippen LogP contribution in [0.2, 0.25) is 0 Å². The van der Waals surface area contributed by atoms with Gasteiger partial charge in [0.1, 0.15) is 5.82 Å². The van der Waals surface area contributed by atoms with Gasteiger partial charge in [-0.25, -0.2) is 9.78 Å². The molecule has 5 nitrogen and oxygen atoms in total. The number of H-pyrrole nitrogens is 1. The molecule has 0 saturated carbocycles. The van der Waals surface area contributed by atoms with E-state index in [4.69, 9.17) is 5.11 Å². The van der Waals surface area contributed by atoms with Crippen molar-refractivity contribution in [1.29, 1.82) is 0 Å². The van der Waals surface area contributed by atoms with Gasteiger partial charge in [-0.15, -0.1) is 5.10 Å². The molecule has 84 valence electrons. The van der Waals surface area contributed by atoms with E-state index in [1.54, 1.807) is 6.08 Å². The van der Waals surface area contributed by atoms with Crippen molar-refractivity contribution in [3.63, 3.8) is 0 Å². The molecule has 0 unspecified atom stereocenters. The van der Waals surface area contributed by atoms with Gasteiger partial charge in [0.25, 0.3) is 5.82 Å². The molecular formula is C11H13N3O2. The van der Waals surface area contributed by atoms with Crippen LogP contribution in [0.15, 0.2) is 36.5 Å². The highest BCUT2D eigenvalue weighted by Crippen LogP contribution is 2.06. The van der Waals surface area contributed by atoms with Crippen LogP contribution in [0.25, 0.3) is 0 Å². The zero-order chi connectivity index (χ0) is 12.0. The van der Waals surface area contributed by atoms with Crippen molar-refractivity contribution in [2.45, 2.75) is 13.3 Å². The van der Waals surface area contributed by atoms with Gasteiger partial charge in [0, 0.05) is 6.42 Å². The van der Waals surface area contributed by atoms with Crippen LogP contribution < -0.4 is 0 Å². The number of carbonyl (C=O) groups is 1. The number of nitrogens with zero attached hydrogens (tertiary/aromatic N) is 2. The summed E-state index contributed by atoms with van der Waals surface area (Å²) in [6, 6.07) is 0.